The molecule has 1 aliphatic rings. The highest BCUT2D eigenvalue weighted by Crippen LogP contribution is 2.16. The molecule has 0 radical (unpaired) electrons. The average molecular weight is 239 g/mol. The van der Waals surface area contributed by atoms with Crippen LogP contribution in [0.4, 0.5) is 5.69 Å². The Kier molecular flexibility index (Phi) is 2.95. The SMILES string of the molecule is O=[N+]([O-])c1ccc(C2NNC(=S)NN2)cc1. The molecule has 0 amide bonds. The molecule has 0 unspecified atom stereocenters. The summed E-state index contributed by atoms with van der Waals surface area (Å²) < 4.78 is 0. The molecule has 2 rings (SSSR count). The van der Waals surface area contributed by atoms with E-state index >= 15 is 0 Å². The summed E-state index contributed by atoms with van der Waals surface area (Å²) in [5.41, 5.74) is 12.2. The van der Waals surface area contributed by atoms with Gasteiger partial charge in [0.15, 0.2) is 5.11 Å². The van der Waals surface area contributed by atoms with Crippen molar-refractivity contribution >= 4 is 23.0 Å². The monoisotopic (exact) mass is 239 g/mol. The van der Waals surface area contributed by atoms with Crippen molar-refractivity contribution in [1.29, 1.82) is 0 Å². The molecule has 8 heteroatoms. The van der Waals surface area contributed by atoms with Crippen LogP contribution in [0.1, 0.15) is 11.7 Å². The van der Waals surface area contributed by atoms with E-state index in [1.165, 1.54) is 12.1 Å². The number of non-ortho nitro benzene ring substituents is 1. The summed E-state index contributed by atoms with van der Waals surface area (Å²) in [4.78, 5) is 10.0. The van der Waals surface area contributed by atoms with Crippen molar-refractivity contribution in [3.05, 3.63) is 39.9 Å². The van der Waals surface area contributed by atoms with Gasteiger partial charge in [-0.05, 0) is 29.9 Å². The summed E-state index contributed by atoms with van der Waals surface area (Å²) in [5.74, 6) is 0. The van der Waals surface area contributed by atoms with Crippen molar-refractivity contribution < 1.29 is 4.92 Å². The summed E-state index contributed by atoms with van der Waals surface area (Å²) in [5, 5.41) is 10.9. The standard InChI is InChI=1S/C8H9N5O2S/c14-13(15)6-3-1-5(2-4-6)7-9-11-8(16)12-10-7/h1-4,7,9-10H,(H2,11,12,16). The fourth-order valence-electron chi connectivity index (χ4n) is 1.30. The number of hydrogen-bond donors (Lipinski definition) is 4. The molecular formula is C8H9N5O2S. The number of benzene rings is 1. The van der Waals surface area contributed by atoms with E-state index in [9.17, 15) is 10.1 Å². The van der Waals surface area contributed by atoms with E-state index in [1.54, 1.807) is 12.1 Å². The number of rotatable bonds is 2. The van der Waals surface area contributed by atoms with Gasteiger partial charge in [-0.2, -0.15) is 0 Å². The number of hydrazine groups is 2. The molecule has 1 fully saturated rings. The van der Waals surface area contributed by atoms with Gasteiger partial charge < -0.3 is 0 Å². The van der Waals surface area contributed by atoms with E-state index in [1.807, 2.05) is 0 Å². The quantitative estimate of drug-likeness (QED) is 0.330. The molecule has 84 valence electrons. The van der Waals surface area contributed by atoms with E-state index < -0.39 is 4.92 Å². The molecule has 16 heavy (non-hydrogen) atoms. The molecular weight excluding hydrogens is 230 g/mol. The van der Waals surface area contributed by atoms with Crippen molar-refractivity contribution in [1.82, 2.24) is 21.7 Å². The van der Waals surface area contributed by atoms with Crippen LogP contribution >= 0.6 is 12.2 Å². The zero-order chi connectivity index (χ0) is 11.5. The van der Waals surface area contributed by atoms with Crippen LogP contribution in [0, 0.1) is 10.1 Å². The molecule has 0 aromatic heterocycles. The average Bonchev–Trinajstić information content (AvgIpc) is 2.30. The summed E-state index contributed by atoms with van der Waals surface area (Å²) in [7, 11) is 0. The third kappa shape index (κ3) is 2.24. The highest BCUT2D eigenvalue weighted by molar-refractivity contribution is 7.80. The van der Waals surface area contributed by atoms with E-state index in [4.69, 9.17) is 12.2 Å². The Morgan fingerprint density at radius 3 is 2.25 bits per heavy atom. The van der Waals surface area contributed by atoms with Crippen molar-refractivity contribution in [2.45, 2.75) is 6.17 Å². The van der Waals surface area contributed by atoms with Crippen LogP contribution in [0.3, 0.4) is 0 Å². The molecule has 1 saturated heterocycles. The van der Waals surface area contributed by atoms with E-state index in [2.05, 4.69) is 21.7 Å². The Labute approximate surface area is 96.3 Å². The Hall–Kier alpha value is -1.77. The van der Waals surface area contributed by atoms with Crippen molar-refractivity contribution in [2.24, 2.45) is 0 Å². The highest BCUT2D eigenvalue weighted by atomic mass is 32.1. The summed E-state index contributed by atoms with van der Waals surface area (Å²) in [6.45, 7) is 0. The molecule has 1 heterocycles. The van der Waals surface area contributed by atoms with Crippen LogP contribution in [0.25, 0.3) is 0 Å². The topological polar surface area (TPSA) is 91.3 Å². The maximum atomic E-state index is 10.5. The van der Waals surface area contributed by atoms with E-state index in [-0.39, 0.29) is 11.9 Å². The minimum atomic E-state index is -0.433. The summed E-state index contributed by atoms with van der Waals surface area (Å²) >= 11 is 4.83. The zero-order valence-electron chi connectivity index (χ0n) is 8.06. The molecule has 0 aliphatic carbocycles. The zero-order valence-corrected chi connectivity index (χ0v) is 8.88. The molecule has 0 atom stereocenters. The highest BCUT2D eigenvalue weighted by Gasteiger charge is 2.16. The first-order valence-electron chi connectivity index (χ1n) is 4.48. The Morgan fingerprint density at radius 2 is 1.75 bits per heavy atom. The lowest BCUT2D eigenvalue weighted by Crippen LogP contribution is -2.61. The van der Waals surface area contributed by atoms with E-state index in [0.29, 0.717) is 5.11 Å². The number of nitrogens with zero attached hydrogens (tertiary/aromatic N) is 1. The number of thiocarbonyl (C=S) groups is 1. The Bertz CT molecular complexity index is 411. The molecule has 0 spiro atoms. The third-order valence-corrected chi connectivity index (χ3v) is 2.30. The second kappa shape index (κ2) is 4.39. The number of nitro groups is 1. The van der Waals surface area contributed by atoms with Gasteiger partial charge >= 0.3 is 0 Å². The van der Waals surface area contributed by atoms with Gasteiger partial charge in [0, 0.05) is 12.1 Å². The lowest BCUT2D eigenvalue weighted by Gasteiger charge is -2.28. The first-order valence-corrected chi connectivity index (χ1v) is 4.89. The van der Waals surface area contributed by atoms with E-state index in [0.717, 1.165) is 5.56 Å². The van der Waals surface area contributed by atoms with Crippen LogP contribution in [0.15, 0.2) is 24.3 Å². The first kappa shape index (κ1) is 10.7. The second-order valence-electron chi connectivity index (χ2n) is 3.15. The van der Waals surface area contributed by atoms with Crippen molar-refractivity contribution in [3.63, 3.8) is 0 Å². The predicted octanol–water partition coefficient (Wildman–Crippen LogP) is 0.0803. The molecule has 1 aliphatic heterocycles. The molecule has 1 aromatic carbocycles. The third-order valence-electron chi connectivity index (χ3n) is 2.10. The van der Waals surface area contributed by atoms with Gasteiger partial charge in [-0.15, -0.1) is 0 Å². The van der Waals surface area contributed by atoms with Crippen LogP contribution in [-0.2, 0) is 0 Å². The second-order valence-corrected chi connectivity index (χ2v) is 3.56. The van der Waals surface area contributed by atoms with Gasteiger partial charge in [0.05, 0.1) is 4.92 Å². The normalized spacial score (nSPS) is 16.4. The van der Waals surface area contributed by atoms with Gasteiger partial charge in [-0.1, -0.05) is 0 Å². The predicted molar refractivity (Wildman–Crippen MR) is 61.0 cm³/mol. The van der Waals surface area contributed by atoms with Crippen molar-refractivity contribution in [3.8, 4) is 0 Å². The number of hydrogen-bond acceptors (Lipinski definition) is 5. The largest absolute Gasteiger partial charge is 0.295 e. The van der Waals surface area contributed by atoms with Gasteiger partial charge in [0.2, 0.25) is 0 Å². The molecule has 0 bridgehead atoms. The summed E-state index contributed by atoms with van der Waals surface area (Å²) in [6, 6.07) is 6.23. The molecule has 1 aromatic rings. The first-order chi connectivity index (χ1) is 7.66. The minimum Gasteiger partial charge on any atom is -0.295 e. The van der Waals surface area contributed by atoms with Crippen molar-refractivity contribution in [2.75, 3.05) is 0 Å². The minimum absolute atomic E-state index is 0.0657. The van der Waals surface area contributed by atoms with Crippen LogP contribution in [-0.4, -0.2) is 10.0 Å². The van der Waals surface area contributed by atoms with Crippen LogP contribution in [0.2, 0.25) is 0 Å². The molecule has 4 N–H and O–H groups in total. The Morgan fingerprint density at radius 1 is 1.19 bits per heavy atom. The lowest BCUT2D eigenvalue weighted by atomic mass is 10.1. The van der Waals surface area contributed by atoms with Gasteiger partial charge in [-0.25, -0.2) is 10.9 Å². The number of nitro benzene ring substituents is 1. The number of nitrogens with one attached hydrogen (secondary N) is 4. The molecule has 0 saturated carbocycles. The maximum absolute atomic E-state index is 10.5. The van der Waals surface area contributed by atoms with Gasteiger partial charge in [0.1, 0.15) is 6.17 Å². The van der Waals surface area contributed by atoms with Crippen LogP contribution in [0.5, 0.6) is 0 Å². The fraction of sp³-hybridized carbons (Fsp3) is 0.125. The maximum Gasteiger partial charge on any atom is 0.269 e. The summed E-state index contributed by atoms with van der Waals surface area (Å²) in [6.07, 6.45) is -0.201. The van der Waals surface area contributed by atoms with Crippen LogP contribution < -0.4 is 21.7 Å². The fourth-order valence-corrected chi connectivity index (χ4v) is 1.42. The lowest BCUT2D eigenvalue weighted by molar-refractivity contribution is -0.384. The Balaban J connectivity index is 2.10. The smallest absolute Gasteiger partial charge is 0.269 e. The van der Waals surface area contributed by atoms with Gasteiger partial charge in [-0.3, -0.25) is 21.0 Å². The molecule has 7 nitrogen and oxygen atoms in total. The van der Waals surface area contributed by atoms with Gasteiger partial charge in [0.25, 0.3) is 5.69 Å².